The molecule has 0 aromatic carbocycles. The summed E-state index contributed by atoms with van der Waals surface area (Å²) in [6, 6.07) is 0. The van der Waals surface area contributed by atoms with E-state index in [9.17, 15) is 13.2 Å². The van der Waals surface area contributed by atoms with Gasteiger partial charge in [-0.15, -0.1) is 5.06 Å². The van der Waals surface area contributed by atoms with Crippen molar-refractivity contribution in [3.63, 3.8) is 0 Å². The molecular weight excluding hydrogens is 170 g/mol. The Bertz CT molecular complexity index is 221. The van der Waals surface area contributed by atoms with Crippen LogP contribution in [0.5, 0.6) is 0 Å². The summed E-state index contributed by atoms with van der Waals surface area (Å²) in [6.45, 7) is 0.861. The maximum atomic E-state index is 10.8. The number of rotatable bonds is 2. The van der Waals surface area contributed by atoms with E-state index in [1.54, 1.807) is 0 Å². The van der Waals surface area contributed by atoms with Gasteiger partial charge in [0.2, 0.25) is 0 Å². The van der Waals surface area contributed by atoms with E-state index >= 15 is 0 Å². The monoisotopic (exact) mass is 179 g/mol. The Morgan fingerprint density at radius 1 is 1.27 bits per heavy atom. The van der Waals surface area contributed by atoms with Crippen LogP contribution in [0.25, 0.3) is 0 Å². The van der Waals surface area contributed by atoms with Crippen molar-refractivity contribution >= 4 is 16.3 Å². The Hall–Kier alpha value is -0.620. The van der Waals surface area contributed by atoms with Crippen LogP contribution in [0.1, 0.15) is 0 Å². The van der Waals surface area contributed by atoms with Crippen LogP contribution in [-0.4, -0.2) is 44.5 Å². The molecule has 0 aliphatic carbocycles. The predicted octanol–water partition coefficient (Wildman–Crippen LogP) is -1.20. The Balaban J connectivity index is 2.42. The first-order chi connectivity index (χ1) is 5.14. The van der Waals surface area contributed by atoms with E-state index in [4.69, 9.17) is 0 Å². The van der Waals surface area contributed by atoms with Gasteiger partial charge in [0.15, 0.2) is 9.84 Å². The van der Waals surface area contributed by atoms with Crippen LogP contribution >= 0.6 is 0 Å². The zero-order valence-electron chi connectivity index (χ0n) is 5.89. The molecule has 5 nitrogen and oxygen atoms in total. The van der Waals surface area contributed by atoms with Gasteiger partial charge in [0, 0.05) is 13.1 Å². The van der Waals surface area contributed by atoms with Crippen molar-refractivity contribution in [1.29, 1.82) is 0 Å². The summed E-state index contributed by atoms with van der Waals surface area (Å²) in [4.78, 5) is 14.3. The predicted molar refractivity (Wildman–Crippen MR) is 37.4 cm³/mol. The third-order valence-corrected chi connectivity index (χ3v) is 3.10. The first-order valence-corrected chi connectivity index (χ1v) is 5.02. The van der Waals surface area contributed by atoms with Gasteiger partial charge >= 0.3 is 6.47 Å². The topological polar surface area (TPSA) is 63.7 Å². The molecule has 11 heavy (non-hydrogen) atoms. The fourth-order valence-electron chi connectivity index (χ4n) is 0.862. The largest absolute Gasteiger partial charge is 0.371 e. The fourth-order valence-corrected chi connectivity index (χ4v) is 2.03. The van der Waals surface area contributed by atoms with Crippen LogP contribution in [0, 0.1) is 0 Å². The molecule has 0 saturated carbocycles. The minimum atomic E-state index is -2.87. The molecule has 0 radical (unpaired) electrons. The van der Waals surface area contributed by atoms with E-state index in [0.29, 0.717) is 6.47 Å². The first kappa shape index (κ1) is 8.48. The van der Waals surface area contributed by atoms with Crippen LogP contribution in [-0.2, 0) is 19.5 Å². The maximum absolute atomic E-state index is 10.8. The lowest BCUT2D eigenvalue weighted by Gasteiger charge is -2.22. The van der Waals surface area contributed by atoms with Crippen LogP contribution in [0.15, 0.2) is 0 Å². The van der Waals surface area contributed by atoms with Crippen LogP contribution < -0.4 is 0 Å². The van der Waals surface area contributed by atoms with Gasteiger partial charge in [-0.05, 0) is 0 Å². The fraction of sp³-hybridized carbons (Fsp3) is 0.800. The molecule has 64 valence electrons. The third-order valence-electron chi connectivity index (χ3n) is 1.50. The van der Waals surface area contributed by atoms with Gasteiger partial charge in [0.1, 0.15) is 0 Å². The molecule has 0 spiro atoms. The minimum absolute atomic E-state index is 0.0703. The number of nitrogens with zero attached hydrogens (tertiary/aromatic N) is 1. The van der Waals surface area contributed by atoms with Gasteiger partial charge in [-0.25, -0.2) is 8.42 Å². The molecule has 0 amide bonds. The molecule has 0 N–H and O–H groups in total. The average Bonchev–Trinajstić information content (AvgIpc) is 1.94. The van der Waals surface area contributed by atoms with E-state index < -0.39 is 9.84 Å². The quantitative estimate of drug-likeness (QED) is 0.498. The summed E-state index contributed by atoms with van der Waals surface area (Å²) in [7, 11) is -2.87. The zero-order chi connectivity index (χ0) is 8.32. The smallest absolute Gasteiger partial charge is 0.312 e. The second kappa shape index (κ2) is 3.19. The molecule has 1 saturated heterocycles. The Morgan fingerprint density at radius 3 is 2.27 bits per heavy atom. The highest BCUT2D eigenvalue weighted by atomic mass is 32.2. The lowest BCUT2D eigenvalue weighted by atomic mass is 10.6. The molecule has 1 aliphatic rings. The normalized spacial score (nSPS) is 24.4. The molecule has 0 bridgehead atoms. The van der Waals surface area contributed by atoms with E-state index in [0.717, 1.165) is 0 Å². The first-order valence-electron chi connectivity index (χ1n) is 3.20. The van der Waals surface area contributed by atoms with Crippen LogP contribution in [0.4, 0.5) is 0 Å². The third kappa shape index (κ3) is 2.47. The van der Waals surface area contributed by atoms with Gasteiger partial charge < -0.3 is 4.84 Å². The minimum Gasteiger partial charge on any atom is -0.371 e. The van der Waals surface area contributed by atoms with Crippen molar-refractivity contribution in [2.75, 3.05) is 24.6 Å². The molecule has 1 rings (SSSR count). The number of sulfone groups is 1. The van der Waals surface area contributed by atoms with Crippen molar-refractivity contribution in [2.45, 2.75) is 0 Å². The van der Waals surface area contributed by atoms with Gasteiger partial charge in [-0.1, -0.05) is 0 Å². The highest BCUT2D eigenvalue weighted by Crippen LogP contribution is 2.02. The summed E-state index contributed by atoms with van der Waals surface area (Å²) in [5, 5.41) is 1.34. The number of carbonyl (C=O) groups excluding carboxylic acids is 1. The Labute approximate surface area is 64.8 Å². The van der Waals surface area contributed by atoms with Gasteiger partial charge in [-0.3, -0.25) is 4.79 Å². The Kier molecular flexibility index (Phi) is 2.45. The molecular formula is C5H9NO4S. The summed E-state index contributed by atoms with van der Waals surface area (Å²) < 4.78 is 21.7. The SMILES string of the molecule is O=CON1CCS(=O)(=O)CC1. The van der Waals surface area contributed by atoms with Crippen molar-refractivity contribution in [1.82, 2.24) is 5.06 Å². The average molecular weight is 179 g/mol. The summed E-state index contributed by atoms with van der Waals surface area (Å²) in [5.74, 6) is 0.141. The summed E-state index contributed by atoms with van der Waals surface area (Å²) in [5.41, 5.74) is 0. The second-order valence-corrected chi connectivity index (χ2v) is 4.59. The Morgan fingerprint density at radius 2 is 1.82 bits per heavy atom. The standard InChI is InChI=1S/C5H9NO4S/c7-5-10-6-1-3-11(8,9)4-2-6/h5H,1-4H2. The molecule has 6 heteroatoms. The van der Waals surface area contributed by atoms with Crippen molar-refractivity contribution in [3.8, 4) is 0 Å². The van der Waals surface area contributed by atoms with Gasteiger partial charge in [-0.2, -0.15) is 0 Å². The molecule has 0 aromatic rings. The van der Waals surface area contributed by atoms with E-state index in [-0.39, 0.29) is 24.6 Å². The van der Waals surface area contributed by atoms with E-state index in [2.05, 4.69) is 4.84 Å². The summed E-state index contributed by atoms with van der Waals surface area (Å²) in [6.07, 6.45) is 0. The van der Waals surface area contributed by atoms with Gasteiger partial charge in [0.25, 0.3) is 0 Å². The zero-order valence-corrected chi connectivity index (χ0v) is 6.71. The number of carbonyl (C=O) groups is 1. The van der Waals surface area contributed by atoms with E-state index in [1.165, 1.54) is 5.06 Å². The van der Waals surface area contributed by atoms with Crippen LogP contribution in [0.2, 0.25) is 0 Å². The second-order valence-electron chi connectivity index (χ2n) is 2.28. The van der Waals surface area contributed by atoms with Crippen molar-refractivity contribution in [2.24, 2.45) is 0 Å². The van der Waals surface area contributed by atoms with Crippen molar-refractivity contribution in [3.05, 3.63) is 0 Å². The van der Waals surface area contributed by atoms with E-state index in [1.807, 2.05) is 0 Å². The molecule has 1 heterocycles. The lowest BCUT2D eigenvalue weighted by Crippen LogP contribution is -2.39. The van der Waals surface area contributed by atoms with Crippen molar-refractivity contribution < 1.29 is 18.0 Å². The number of hydroxylamine groups is 2. The van der Waals surface area contributed by atoms with Crippen LogP contribution in [0.3, 0.4) is 0 Å². The maximum Gasteiger partial charge on any atom is 0.312 e. The number of hydrogen-bond donors (Lipinski definition) is 0. The number of hydrogen-bond acceptors (Lipinski definition) is 5. The van der Waals surface area contributed by atoms with Gasteiger partial charge in [0.05, 0.1) is 11.5 Å². The molecule has 1 fully saturated rings. The lowest BCUT2D eigenvalue weighted by molar-refractivity contribution is -0.171. The summed E-state index contributed by atoms with van der Waals surface area (Å²) >= 11 is 0. The molecule has 0 atom stereocenters. The molecule has 1 aliphatic heterocycles. The molecule has 0 aromatic heterocycles. The highest BCUT2D eigenvalue weighted by Gasteiger charge is 2.21. The molecule has 0 unspecified atom stereocenters. The highest BCUT2D eigenvalue weighted by molar-refractivity contribution is 7.91.